The van der Waals surface area contributed by atoms with Gasteiger partial charge in [-0.05, 0) is 24.8 Å². The fourth-order valence-electron chi connectivity index (χ4n) is 2.55. The number of nitrogens with zero attached hydrogens (tertiary/aromatic N) is 4. The maximum Gasteiger partial charge on any atom is 0.356 e. The number of carbonyl (C=O) groups is 1. The van der Waals surface area contributed by atoms with Crippen LogP contribution in [0.2, 0.25) is 0 Å². The zero-order valence-corrected chi connectivity index (χ0v) is 14.0. The minimum atomic E-state index is -1.08. The van der Waals surface area contributed by atoms with Crippen molar-refractivity contribution in [2.24, 2.45) is 0 Å². The highest BCUT2D eigenvalue weighted by molar-refractivity contribution is 7.99. The van der Waals surface area contributed by atoms with E-state index in [9.17, 15) is 4.79 Å². The minimum Gasteiger partial charge on any atom is -0.476 e. The first kappa shape index (κ1) is 16.6. The van der Waals surface area contributed by atoms with Crippen LogP contribution in [0.5, 0.6) is 0 Å². The van der Waals surface area contributed by atoms with Crippen molar-refractivity contribution in [2.45, 2.75) is 42.5 Å². The minimum absolute atomic E-state index is 0.0655. The van der Waals surface area contributed by atoms with Gasteiger partial charge in [0, 0.05) is 24.2 Å². The number of hydrogen-bond donors (Lipinski definition) is 2. The summed E-state index contributed by atoms with van der Waals surface area (Å²) < 4.78 is 0. The van der Waals surface area contributed by atoms with Crippen LogP contribution in [0.4, 0.5) is 5.82 Å². The van der Waals surface area contributed by atoms with E-state index in [-0.39, 0.29) is 5.69 Å². The van der Waals surface area contributed by atoms with Gasteiger partial charge in [-0.25, -0.2) is 24.7 Å². The molecule has 0 spiro atoms. The Bertz CT molecular complexity index is 672. The smallest absolute Gasteiger partial charge is 0.356 e. The number of thioether (sulfide) groups is 1. The summed E-state index contributed by atoms with van der Waals surface area (Å²) in [7, 11) is 0. The normalized spacial score (nSPS) is 14.7. The Kier molecular flexibility index (Phi) is 5.58. The maximum atomic E-state index is 10.7. The first-order valence-electron chi connectivity index (χ1n) is 7.97. The molecule has 2 N–H and O–H groups in total. The predicted octanol–water partition coefficient (Wildman–Crippen LogP) is 2.65. The maximum absolute atomic E-state index is 10.7. The van der Waals surface area contributed by atoms with Crippen LogP contribution < -0.4 is 5.32 Å². The van der Waals surface area contributed by atoms with Crippen molar-refractivity contribution >= 4 is 23.5 Å². The van der Waals surface area contributed by atoms with Crippen LogP contribution >= 0.6 is 11.8 Å². The van der Waals surface area contributed by atoms with Crippen molar-refractivity contribution in [3.63, 3.8) is 0 Å². The van der Waals surface area contributed by atoms with Crippen molar-refractivity contribution in [2.75, 3.05) is 11.9 Å². The summed E-state index contributed by atoms with van der Waals surface area (Å²) in [5.41, 5.74) is 0.984. The molecule has 0 bridgehead atoms. The molecule has 0 atom stereocenters. The Hall–Kier alpha value is -2.22. The lowest BCUT2D eigenvalue weighted by molar-refractivity contribution is 0.0690. The van der Waals surface area contributed by atoms with Crippen LogP contribution in [0.25, 0.3) is 0 Å². The summed E-state index contributed by atoms with van der Waals surface area (Å²) in [5, 5.41) is 13.4. The number of hydrogen-bond acceptors (Lipinski definition) is 7. The summed E-state index contributed by atoms with van der Waals surface area (Å²) in [6, 6.07) is 0. The summed E-state index contributed by atoms with van der Waals surface area (Å²) in [6.07, 6.45) is 12.3. The van der Waals surface area contributed by atoms with Gasteiger partial charge in [0.2, 0.25) is 0 Å². The first-order chi connectivity index (χ1) is 11.7. The first-order valence-corrected chi connectivity index (χ1v) is 8.85. The third kappa shape index (κ3) is 4.64. The van der Waals surface area contributed by atoms with E-state index < -0.39 is 5.97 Å². The zero-order chi connectivity index (χ0) is 16.8. The molecule has 1 saturated carbocycles. The number of carboxylic acid groups (broad SMARTS) is 1. The topological polar surface area (TPSA) is 101 Å². The monoisotopic (exact) mass is 345 g/mol. The van der Waals surface area contributed by atoms with Gasteiger partial charge in [0.05, 0.1) is 12.4 Å². The van der Waals surface area contributed by atoms with Crippen LogP contribution in [0.3, 0.4) is 0 Å². The Balaban J connectivity index is 1.45. The molecule has 1 fully saturated rings. The summed E-state index contributed by atoms with van der Waals surface area (Å²) >= 11 is 1.78. The molecule has 0 radical (unpaired) electrons. The van der Waals surface area contributed by atoms with Crippen molar-refractivity contribution in [1.82, 2.24) is 19.9 Å². The second-order valence-electron chi connectivity index (χ2n) is 5.67. The second-order valence-corrected chi connectivity index (χ2v) is 6.93. The highest BCUT2D eigenvalue weighted by Gasteiger charge is 2.17. The fourth-order valence-corrected chi connectivity index (χ4v) is 3.65. The SMILES string of the molecule is O=C(O)c1cnc(NCCc2cnc(SC3CCCC3)nc2)cn1. The molecule has 0 aromatic carbocycles. The quantitative estimate of drug-likeness (QED) is 0.739. The molecule has 24 heavy (non-hydrogen) atoms. The summed E-state index contributed by atoms with van der Waals surface area (Å²) in [4.78, 5) is 27.4. The van der Waals surface area contributed by atoms with Gasteiger partial charge in [0.25, 0.3) is 0 Å². The van der Waals surface area contributed by atoms with E-state index in [1.165, 1.54) is 38.1 Å². The van der Waals surface area contributed by atoms with Gasteiger partial charge in [0.15, 0.2) is 10.9 Å². The zero-order valence-electron chi connectivity index (χ0n) is 13.2. The predicted molar refractivity (Wildman–Crippen MR) is 91.3 cm³/mol. The van der Waals surface area contributed by atoms with Gasteiger partial charge in [-0.2, -0.15) is 0 Å². The Morgan fingerprint density at radius 1 is 1.12 bits per heavy atom. The van der Waals surface area contributed by atoms with Gasteiger partial charge in [0.1, 0.15) is 5.82 Å². The molecule has 0 saturated heterocycles. The molecule has 2 heterocycles. The van der Waals surface area contributed by atoms with Gasteiger partial charge >= 0.3 is 5.97 Å². The van der Waals surface area contributed by atoms with Crippen LogP contribution in [-0.4, -0.2) is 42.8 Å². The average molecular weight is 345 g/mol. The van der Waals surface area contributed by atoms with E-state index in [1.54, 1.807) is 11.8 Å². The molecule has 7 nitrogen and oxygen atoms in total. The highest BCUT2D eigenvalue weighted by Crippen LogP contribution is 2.32. The number of anilines is 1. The molecule has 8 heteroatoms. The van der Waals surface area contributed by atoms with Gasteiger partial charge in [-0.1, -0.05) is 24.6 Å². The molecule has 1 aliphatic rings. The largest absolute Gasteiger partial charge is 0.476 e. The molecule has 3 rings (SSSR count). The van der Waals surface area contributed by atoms with E-state index in [1.807, 2.05) is 12.4 Å². The molecule has 0 aliphatic heterocycles. The number of aromatic carboxylic acids is 1. The molecule has 2 aromatic rings. The number of aromatic nitrogens is 4. The van der Waals surface area contributed by atoms with Crippen molar-refractivity contribution < 1.29 is 9.90 Å². The van der Waals surface area contributed by atoms with E-state index in [0.29, 0.717) is 17.6 Å². The second kappa shape index (κ2) is 8.05. The lowest BCUT2D eigenvalue weighted by atomic mass is 10.2. The van der Waals surface area contributed by atoms with Gasteiger partial charge in [-0.3, -0.25) is 0 Å². The molecule has 1 aliphatic carbocycles. The Morgan fingerprint density at radius 2 is 1.88 bits per heavy atom. The van der Waals surface area contributed by atoms with Crippen LogP contribution in [-0.2, 0) is 6.42 Å². The highest BCUT2D eigenvalue weighted by atomic mass is 32.2. The average Bonchev–Trinajstić information content (AvgIpc) is 3.10. The van der Waals surface area contributed by atoms with Crippen molar-refractivity contribution in [3.8, 4) is 0 Å². The third-order valence-corrected chi connectivity index (χ3v) is 5.07. The Labute approximate surface area is 144 Å². The van der Waals surface area contributed by atoms with E-state index in [0.717, 1.165) is 17.1 Å². The summed E-state index contributed by atoms with van der Waals surface area (Å²) in [5.74, 6) is -0.531. The number of rotatable bonds is 7. The van der Waals surface area contributed by atoms with Gasteiger partial charge < -0.3 is 10.4 Å². The molecule has 126 valence electrons. The van der Waals surface area contributed by atoms with Crippen LogP contribution in [0.1, 0.15) is 41.7 Å². The Morgan fingerprint density at radius 3 is 2.50 bits per heavy atom. The van der Waals surface area contributed by atoms with Crippen LogP contribution in [0.15, 0.2) is 29.9 Å². The van der Waals surface area contributed by atoms with Crippen molar-refractivity contribution in [3.05, 3.63) is 36.0 Å². The lowest BCUT2D eigenvalue weighted by Gasteiger charge is -2.08. The number of carboxylic acids is 1. The number of nitrogens with one attached hydrogen (secondary N) is 1. The molecule has 0 amide bonds. The molecular formula is C16H19N5O2S. The van der Waals surface area contributed by atoms with E-state index in [4.69, 9.17) is 5.11 Å². The third-order valence-electron chi connectivity index (χ3n) is 3.85. The lowest BCUT2D eigenvalue weighted by Crippen LogP contribution is -2.09. The van der Waals surface area contributed by atoms with E-state index in [2.05, 4.69) is 25.3 Å². The van der Waals surface area contributed by atoms with Crippen molar-refractivity contribution in [1.29, 1.82) is 0 Å². The molecule has 0 unspecified atom stereocenters. The van der Waals surface area contributed by atoms with Gasteiger partial charge in [-0.15, -0.1) is 0 Å². The summed E-state index contributed by atoms with van der Waals surface area (Å²) in [6.45, 7) is 0.652. The molecular weight excluding hydrogens is 326 g/mol. The molecule has 2 aromatic heterocycles. The van der Waals surface area contributed by atoms with E-state index >= 15 is 0 Å². The standard InChI is InChI=1S/C16H19N5O2S/c22-15(23)13-9-19-14(10-18-13)17-6-5-11-7-20-16(21-8-11)24-12-3-1-2-4-12/h7-10,12H,1-6H2,(H,17,19)(H,22,23). The fraction of sp³-hybridized carbons (Fsp3) is 0.438. The van der Waals surface area contributed by atoms with Crippen LogP contribution in [0, 0.1) is 0 Å².